The highest BCUT2D eigenvalue weighted by Gasteiger charge is 2.31. The zero-order valence-corrected chi connectivity index (χ0v) is 16.8. The Morgan fingerprint density at radius 1 is 1.03 bits per heavy atom. The van der Waals surface area contributed by atoms with Crippen molar-refractivity contribution in [2.75, 3.05) is 12.4 Å². The molecule has 0 atom stereocenters. The number of fused-ring (bicyclic) bond motifs is 1. The number of imidazole rings is 1. The summed E-state index contributed by atoms with van der Waals surface area (Å²) >= 11 is 0. The number of alkyl halides is 3. The number of nitrogens with zero attached hydrogens (tertiary/aromatic N) is 1. The predicted molar refractivity (Wildman–Crippen MR) is 111 cm³/mol. The molecule has 0 spiro atoms. The molecule has 0 fully saturated rings. The fourth-order valence-electron chi connectivity index (χ4n) is 2.99. The number of carbonyl (C=O) groups excluding carboxylic acids is 1. The Hall–Kier alpha value is -4.48. The number of hydrogen-bond donors (Lipinski definition) is 3. The Balaban J connectivity index is 1.59. The normalized spacial score (nSPS) is 11.3. The van der Waals surface area contributed by atoms with E-state index in [0.29, 0.717) is 16.9 Å². The van der Waals surface area contributed by atoms with E-state index in [2.05, 4.69) is 25.0 Å². The highest BCUT2D eigenvalue weighted by atomic mass is 19.4. The van der Waals surface area contributed by atoms with Crippen molar-refractivity contribution < 1.29 is 32.2 Å². The lowest BCUT2D eigenvalue weighted by Gasteiger charge is -2.13. The van der Waals surface area contributed by atoms with Crippen LogP contribution in [-0.4, -0.2) is 34.3 Å². The lowest BCUT2D eigenvalue weighted by Crippen LogP contribution is -2.18. The predicted octanol–water partition coefficient (Wildman–Crippen LogP) is 4.20. The SMILES string of the molecule is COc1ccc(NC(=O)c2cccc(OC(F)(F)F)c2)cc1Oc1ccnc2[nH]c(=O)[nH]c12. The van der Waals surface area contributed by atoms with Gasteiger partial charge in [0.25, 0.3) is 5.91 Å². The number of methoxy groups -OCH3 is 1. The van der Waals surface area contributed by atoms with Crippen LogP contribution in [0.2, 0.25) is 0 Å². The molecule has 0 bridgehead atoms. The number of nitrogens with one attached hydrogen (secondary N) is 3. The van der Waals surface area contributed by atoms with E-state index in [1.54, 1.807) is 0 Å². The van der Waals surface area contributed by atoms with Gasteiger partial charge in [-0.1, -0.05) is 6.07 Å². The largest absolute Gasteiger partial charge is 0.573 e. The molecule has 2 heterocycles. The Kier molecular flexibility index (Phi) is 5.65. The van der Waals surface area contributed by atoms with Crippen molar-refractivity contribution in [3.8, 4) is 23.0 Å². The van der Waals surface area contributed by atoms with Gasteiger partial charge in [0.05, 0.1) is 7.11 Å². The Labute approximate surface area is 183 Å². The molecule has 0 aliphatic carbocycles. The number of aromatic amines is 2. The molecule has 12 heteroatoms. The summed E-state index contributed by atoms with van der Waals surface area (Å²) in [6, 6.07) is 10.7. The van der Waals surface area contributed by atoms with Crippen LogP contribution in [0.5, 0.6) is 23.0 Å². The van der Waals surface area contributed by atoms with Crippen molar-refractivity contribution in [2.24, 2.45) is 0 Å². The third-order valence-corrected chi connectivity index (χ3v) is 4.35. The molecule has 4 rings (SSSR count). The number of benzene rings is 2. The molecular formula is C21H15F3N4O5. The summed E-state index contributed by atoms with van der Waals surface area (Å²) < 4.78 is 52.3. The molecule has 3 N–H and O–H groups in total. The van der Waals surface area contributed by atoms with Crippen LogP contribution in [0.15, 0.2) is 59.5 Å². The van der Waals surface area contributed by atoms with Gasteiger partial charge >= 0.3 is 12.1 Å². The molecule has 0 unspecified atom stereocenters. The molecule has 9 nitrogen and oxygen atoms in total. The second kappa shape index (κ2) is 8.57. The van der Waals surface area contributed by atoms with Crippen molar-refractivity contribution >= 4 is 22.8 Å². The third kappa shape index (κ3) is 5.06. The number of halogens is 3. The van der Waals surface area contributed by atoms with Gasteiger partial charge in [0, 0.05) is 29.6 Å². The second-order valence-corrected chi connectivity index (χ2v) is 6.61. The van der Waals surface area contributed by atoms with Gasteiger partial charge in [-0.05, 0) is 30.3 Å². The number of anilines is 1. The fourth-order valence-corrected chi connectivity index (χ4v) is 2.99. The minimum absolute atomic E-state index is 0.0456. The van der Waals surface area contributed by atoms with Crippen molar-refractivity contribution in [2.45, 2.75) is 6.36 Å². The molecule has 0 radical (unpaired) electrons. The Bertz CT molecular complexity index is 1380. The number of carbonyl (C=O) groups is 1. The summed E-state index contributed by atoms with van der Waals surface area (Å²) in [6.45, 7) is 0. The zero-order chi connectivity index (χ0) is 23.6. The van der Waals surface area contributed by atoms with Gasteiger partial charge in [0.1, 0.15) is 11.3 Å². The molecule has 2 aromatic heterocycles. The number of amides is 1. The maximum atomic E-state index is 12.6. The Morgan fingerprint density at radius 2 is 1.85 bits per heavy atom. The van der Waals surface area contributed by atoms with Gasteiger partial charge in [-0.2, -0.15) is 0 Å². The van der Waals surface area contributed by atoms with Crippen LogP contribution in [0.3, 0.4) is 0 Å². The summed E-state index contributed by atoms with van der Waals surface area (Å²) in [6.07, 6.45) is -3.44. The third-order valence-electron chi connectivity index (χ3n) is 4.35. The molecule has 170 valence electrons. The van der Waals surface area contributed by atoms with E-state index >= 15 is 0 Å². The first-order valence-corrected chi connectivity index (χ1v) is 9.32. The van der Waals surface area contributed by atoms with Crippen molar-refractivity contribution in [3.05, 3.63) is 70.8 Å². The van der Waals surface area contributed by atoms with Crippen LogP contribution in [0.25, 0.3) is 11.2 Å². The number of pyridine rings is 1. The van der Waals surface area contributed by atoms with Gasteiger partial charge in [0.15, 0.2) is 22.9 Å². The summed E-state index contributed by atoms with van der Waals surface area (Å²) in [5.41, 5.74) is 0.405. The lowest BCUT2D eigenvalue weighted by molar-refractivity contribution is -0.274. The molecule has 1 amide bonds. The summed E-state index contributed by atoms with van der Waals surface area (Å²) in [5, 5.41) is 2.58. The second-order valence-electron chi connectivity index (χ2n) is 6.61. The van der Waals surface area contributed by atoms with Gasteiger partial charge < -0.3 is 24.5 Å². The highest BCUT2D eigenvalue weighted by molar-refractivity contribution is 6.04. The minimum Gasteiger partial charge on any atom is -0.493 e. The summed E-state index contributed by atoms with van der Waals surface area (Å²) in [7, 11) is 1.42. The van der Waals surface area contributed by atoms with Crippen molar-refractivity contribution in [1.29, 1.82) is 0 Å². The van der Waals surface area contributed by atoms with E-state index in [1.165, 1.54) is 49.7 Å². The van der Waals surface area contributed by atoms with E-state index in [4.69, 9.17) is 9.47 Å². The van der Waals surface area contributed by atoms with Crippen LogP contribution in [0.1, 0.15) is 10.4 Å². The summed E-state index contributed by atoms with van der Waals surface area (Å²) in [5.74, 6) is -0.372. The maximum absolute atomic E-state index is 12.6. The monoisotopic (exact) mass is 460 g/mol. The maximum Gasteiger partial charge on any atom is 0.573 e. The van der Waals surface area contributed by atoms with E-state index in [9.17, 15) is 22.8 Å². The molecule has 4 aromatic rings. The molecule has 0 aliphatic heterocycles. The Morgan fingerprint density at radius 3 is 2.61 bits per heavy atom. The summed E-state index contributed by atoms with van der Waals surface area (Å²) in [4.78, 5) is 33.3. The van der Waals surface area contributed by atoms with E-state index in [1.807, 2.05) is 0 Å². The van der Waals surface area contributed by atoms with E-state index in [-0.39, 0.29) is 22.7 Å². The lowest BCUT2D eigenvalue weighted by atomic mass is 10.2. The van der Waals surface area contributed by atoms with Crippen molar-refractivity contribution in [3.63, 3.8) is 0 Å². The highest BCUT2D eigenvalue weighted by Crippen LogP contribution is 2.36. The average Bonchev–Trinajstić information content (AvgIpc) is 3.14. The molecule has 0 aliphatic rings. The zero-order valence-electron chi connectivity index (χ0n) is 16.8. The topological polar surface area (TPSA) is 118 Å². The number of rotatable bonds is 6. The van der Waals surface area contributed by atoms with Crippen molar-refractivity contribution in [1.82, 2.24) is 15.0 Å². The fraction of sp³-hybridized carbons (Fsp3) is 0.0952. The average molecular weight is 460 g/mol. The van der Waals surface area contributed by atoms with Gasteiger partial charge in [0.2, 0.25) is 0 Å². The van der Waals surface area contributed by atoms with Crippen LogP contribution < -0.4 is 25.2 Å². The van der Waals surface area contributed by atoms with Crippen LogP contribution >= 0.6 is 0 Å². The van der Waals surface area contributed by atoms with E-state index in [0.717, 1.165) is 12.1 Å². The number of hydrogen-bond acceptors (Lipinski definition) is 6. The first-order valence-electron chi connectivity index (χ1n) is 9.32. The molecule has 0 saturated heterocycles. The molecular weight excluding hydrogens is 445 g/mol. The first kappa shape index (κ1) is 21.7. The molecule has 0 saturated carbocycles. The molecule has 33 heavy (non-hydrogen) atoms. The van der Waals surface area contributed by atoms with Crippen LogP contribution in [0, 0.1) is 0 Å². The number of ether oxygens (including phenoxy) is 3. The van der Waals surface area contributed by atoms with Crippen LogP contribution in [0.4, 0.5) is 18.9 Å². The van der Waals surface area contributed by atoms with Gasteiger partial charge in [-0.25, -0.2) is 9.78 Å². The number of H-pyrrole nitrogens is 2. The first-order chi connectivity index (χ1) is 15.7. The van der Waals surface area contributed by atoms with E-state index < -0.39 is 23.7 Å². The van der Waals surface area contributed by atoms with Gasteiger partial charge in [-0.3, -0.25) is 9.78 Å². The standard InChI is InChI=1S/C21H15F3N4O5/c1-31-14-6-5-12(26-19(29)11-3-2-4-13(9-11)33-21(22,23)24)10-16(14)32-15-7-8-25-18-17(15)27-20(30)28-18/h2-10H,1H3,(H,26,29)(H2,25,27,28,30). The van der Waals surface area contributed by atoms with Gasteiger partial charge in [-0.15, -0.1) is 13.2 Å². The number of aromatic nitrogens is 3. The minimum atomic E-state index is -4.88. The van der Waals surface area contributed by atoms with Crippen LogP contribution in [-0.2, 0) is 0 Å². The quantitative estimate of drug-likeness (QED) is 0.397. The smallest absolute Gasteiger partial charge is 0.493 e. The molecule has 2 aromatic carbocycles.